The molecule has 3 heterocycles. The summed E-state index contributed by atoms with van der Waals surface area (Å²) in [6.45, 7) is 4.34. The van der Waals surface area contributed by atoms with Gasteiger partial charge in [-0.2, -0.15) is 0 Å². The summed E-state index contributed by atoms with van der Waals surface area (Å²) in [6.07, 6.45) is 6.86. The second kappa shape index (κ2) is 10.1. The van der Waals surface area contributed by atoms with Crippen molar-refractivity contribution in [1.82, 2.24) is 24.7 Å². The van der Waals surface area contributed by atoms with Crippen molar-refractivity contribution in [2.45, 2.75) is 30.7 Å². The maximum atomic E-state index is 14.3. The summed E-state index contributed by atoms with van der Waals surface area (Å²) in [5.41, 5.74) is 2.89. The monoisotopic (exact) mass is 440 g/mol. The lowest BCUT2D eigenvalue weighted by Crippen LogP contribution is -2.34. The van der Waals surface area contributed by atoms with Gasteiger partial charge < -0.3 is 9.64 Å². The van der Waals surface area contributed by atoms with E-state index in [-0.39, 0.29) is 11.9 Å². The van der Waals surface area contributed by atoms with Crippen molar-refractivity contribution in [3.05, 3.63) is 59.9 Å². The Labute approximate surface area is 185 Å². The third-order valence-corrected chi connectivity index (χ3v) is 6.00. The molecule has 0 aliphatic carbocycles. The van der Waals surface area contributed by atoms with E-state index in [4.69, 9.17) is 9.72 Å². The minimum absolute atomic E-state index is 0.0313. The van der Waals surface area contributed by atoms with Gasteiger partial charge in [0.2, 0.25) is 0 Å². The lowest BCUT2D eigenvalue weighted by Gasteiger charge is -2.36. The van der Waals surface area contributed by atoms with E-state index in [1.165, 1.54) is 11.9 Å². The van der Waals surface area contributed by atoms with Gasteiger partial charge in [-0.25, -0.2) is 24.3 Å². The average Bonchev–Trinajstić information content (AvgIpc) is 2.79. The van der Waals surface area contributed by atoms with Crippen LogP contribution in [0.5, 0.6) is 0 Å². The molecule has 31 heavy (non-hydrogen) atoms. The van der Waals surface area contributed by atoms with Gasteiger partial charge in [-0.05, 0) is 49.6 Å². The minimum Gasteiger partial charge on any atom is -0.385 e. The van der Waals surface area contributed by atoms with Gasteiger partial charge in [-0.1, -0.05) is 0 Å². The van der Waals surface area contributed by atoms with Crippen molar-refractivity contribution in [2.75, 3.05) is 31.7 Å². The zero-order valence-corrected chi connectivity index (χ0v) is 18.4. The molecule has 3 aromatic rings. The van der Waals surface area contributed by atoms with E-state index in [0.717, 1.165) is 47.8 Å². The zero-order chi connectivity index (χ0) is 21.6. The van der Waals surface area contributed by atoms with Crippen molar-refractivity contribution in [3.8, 4) is 11.6 Å². The highest BCUT2D eigenvalue weighted by atomic mass is 32.2. The Bertz CT molecular complexity index is 1020. The molecule has 0 fully saturated rings. The molecule has 0 amide bonds. The normalized spacial score (nSPS) is 15.7. The molecule has 2 aromatic heterocycles. The van der Waals surface area contributed by atoms with Crippen molar-refractivity contribution >= 4 is 17.6 Å². The van der Waals surface area contributed by atoms with Gasteiger partial charge in [0.1, 0.15) is 5.82 Å². The Morgan fingerprint density at radius 3 is 2.84 bits per heavy atom. The molecule has 1 aliphatic rings. The highest BCUT2D eigenvalue weighted by Gasteiger charge is 2.27. The molecule has 1 N–H and O–H groups in total. The van der Waals surface area contributed by atoms with E-state index in [0.29, 0.717) is 18.3 Å². The van der Waals surface area contributed by atoms with Crippen LogP contribution in [0.4, 0.5) is 10.1 Å². The molecule has 0 spiro atoms. The lowest BCUT2D eigenvalue weighted by atomic mass is 9.98. The van der Waals surface area contributed by atoms with E-state index in [1.54, 1.807) is 37.7 Å². The van der Waals surface area contributed by atoms with E-state index < -0.39 is 0 Å². The van der Waals surface area contributed by atoms with Gasteiger partial charge in [-0.3, -0.25) is 4.72 Å². The van der Waals surface area contributed by atoms with Gasteiger partial charge in [0.25, 0.3) is 0 Å². The number of hydrogen-bond donors (Lipinski definition) is 1. The molecule has 1 atom stereocenters. The zero-order valence-electron chi connectivity index (χ0n) is 17.6. The van der Waals surface area contributed by atoms with Crippen LogP contribution >= 0.6 is 11.9 Å². The summed E-state index contributed by atoms with van der Waals surface area (Å²) in [6, 6.07) is 6.95. The van der Waals surface area contributed by atoms with Crippen LogP contribution in [-0.2, 0) is 11.2 Å². The fraction of sp³-hybridized carbons (Fsp3) is 0.364. The summed E-state index contributed by atoms with van der Waals surface area (Å²) in [4.78, 5) is 20.7. The second-order valence-electron chi connectivity index (χ2n) is 7.28. The van der Waals surface area contributed by atoms with Crippen molar-refractivity contribution in [2.24, 2.45) is 0 Å². The number of methoxy groups -OCH3 is 1. The number of nitrogens with one attached hydrogen (secondary N) is 1. The third kappa shape index (κ3) is 5.17. The fourth-order valence-electron chi connectivity index (χ4n) is 3.63. The Kier molecular flexibility index (Phi) is 7.06. The summed E-state index contributed by atoms with van der Waals surface area (Å²) in [5.74, 6) is 0.804. The number of fused-ring (bicyclic) bond motifs is 1. The van der Waals surface area contributed by atoms with Crippen LogP contribution in [0.15, 0.2) is 47.8 Å². The first kappa shape index (κ1) is 21.6. The van der Waals surface area contributed by atoms with Crippen LogP contribution in [-0.4, -0.2) is 46.7 Å². The highest BCUT2D eigenvalue weighted by molar-refractivity contribution is 7.97. The van der Waals surface area contributed by atoms with Crippen molar-refractivity contribution in [3.63, 3.8) is 0 Å². The third-order valence-electron chi connectivity index (χ3n) is 5.18. The molecule has 0 bridgehead atoms. The predicted molar refractivity (Wildman–Crippen MR) is 119 cm³/mol. The minimum atomic E-state index is -0.246. The van der Waals surface area contributed by atoms with Crippen molar-refractivity contribution in [1.29, 1.82) is 0 Å². The van der Waals surface area contributed by atoms with Crippen LogP contribution in [0, 0.1) is 5.82 Å². The molecular formula is C22H25FN6OS. The predicted octanol–water partition coefficient (Wildman–Crippen LogP) is 3.83. The van der Waals surface area contributed by atoms with Crippen LogP contribution < -0.4 is 9.62 Å². The number of anilines is 1. The summed E-state index contributed by atoms with van der Waals surface area (Å²) in [5, 5.41) is 0. The average molecular weight is 441 g/mol. The van der Waals surface area contributed by atoms with Crippen LogP contribution in [0.25, 0.3) is 11.6 Å². The molecule has 1 unspecified atom stereocenters. The van der Waals surface area contributed by atoms with E-state index >= 15 is 0 Å². The van der Waals surface area contributed by atoms with Gasteiger partial charge in [-0.15, -0.1) is 0 Å². The molecule has 1 aromatic carbocycles. The number of aromatic nitrogens is 4. The van der Waals surface area contributed by atoms with E-state index in [2.05, 4.69) is 31.5 Å². The van der Waals surface area contributed by atoms with Crippen molar-refractivity contribution < 1.29 is 9.13 Å². The Morgan fingerprint density at radius 1 is 1.19 bits per heavy atom. The standard InChI is InChI=1S/C22H25FN6OS/c1-15-19-14-26-22(21-24-6-3-7-25-21)28-20(19)5-9-29(15)17-11-16(23)12-18(13-17)31-27-8-4-10-30-2/h3,6-7,11-15,27H,4-5,8-10H2,1-2H3. The van der Waals surface area contributed by atoms with Gasteiger partial charge in [0.05, 0.1) is 11.7 Å². The number of hydrogen-bond acceptors (Lipinski definition) is 8. The molecule has 0 saturated heterocycles. The molecular weight excluding hydrogens is 415 g/mol. The molecule has 9 heteroatoms. The van der Waals surface area contributed by atoms with Crippen LogP contribution in [0.1, 0.15) is 30.6 Å². The first-order chi connectivity index (χ1) is 15.2. The lowest BCUT2D eigenvalue weighted by molar-refractivity contribution is 0.196. The number of ether oxygens (including phenoxy) is 1. The van der Waals surface area contributed by atoms with Gasteiger partial charge in [0.15, 0.2) is 11.6 Å². The quantitative estimate of drug-likeness (QED) is 0.418. The number of nitrogens with zero attached hydrogens (tertiary/aromatic N) is 5. The maximum absolute atomic E-state index is 14.3. The second-order valence-corrected chi connectivity index (χ2v) is 8.24. The van der Waals surface area contributed by atoms with Crippen LogP contribution in [0.3, 0.4) is 0 Å². The first-order valence-electron chi connectivity index (χ1n) is 10.2. The largest absolute Gasteiger partial charge is 0.385 e. The number of rotatable bonds is 8. The summed E-state index contributed by atoms with van der Waals surface area (Å²) < 4.78 is 22.7. The Hall–Kier alpha value is -2.62. The molecule has 0 saturated carbocycles. The molecule has 162 valence electrons. The number of halogens is 1. The summed E-state index contributed by atoms with van der Waals surface area (Å²) in [7, 11) is 1.69. The van der Waals surface area contributed by atoms with Gasteiger partial charge >= 0.3 is 0 Å². The Balaban J connectivity index is 1.50. The fourth-order valence-corrected chi connectivity index (χ4v) is 4.40. The number of benzene rings is 1. The topological polar surface area (TPSA) is 76.1 Å². The van der Waals surface area contributed by atoms with E-state index in [9.17, 15) is 4.39 Å². The molecule has 1 aliphatic heterocycles. The van der Waals surface area contributed by atoms with Gasteiger partial charge in [0, 0.05) is 68.0 Å². The first-order valence-corrected chi connectivity index (χ1v) is 11.1. The molecule has 4 rings (SSSR count). The smallest absolute Gasteiger partial charge is 0.197 e. The molecule has 7 nitrogen and oxygen atoms in total. The van der Waals surface area contributed by atoms with E-state index in [1.807, 2.05) is 12.3 Å². The maximum Gasteiger partial charge on any atom is 0.197 e. The molecule has 0 radical (unpaired) electrons. The van der Waals surface area contributed by atoms with Crippen LogP contribution in [0.2, 0.25) is 0 Å². The summed E-state index contributed by atoms with van der Waals surface area (Å²) >= 11 is 1.44. The SMILES string of the molecule is COCCCNSc1cc(F)cc(N2CCc3nc(-c4ncccn4)ncc3C2C)c1. The highest BCUT2D eigenvalue weighted by Crippen LogP contribution is 2.35. The Morgan fingerprint density at radius 2 is 2.03 bits per heavy atom.